The molecule has 3 N–H and O–H groups in total. The number of H-pyrrole nitrogens is 1. The lowest BCUT2D eigenvalue weighted by molar-refractivity contribution is 0.102. The molecule has 0 atom stereocenters. The van der Waals surface area contributed by atoms with Crippen molar-refractivity contribution in [2.75, 3.05) is 5.32 Å². The van der Waals surface area contributed by atoms with Crippen LogP contribution in [0.4, 0.5) is 5.69 Å². The maximum atomic E-state index is 12.7. The first-order chi connectivity index (χ1) is 14.6. The van der Waals surface area contributed by atoms with Gasteiger partial charge in [-0.1, -0.05) is 12.1 Å². The van der Waals surface area contributed by atoms with Gasteiger partial charge in [-0.2, -0.15) is 0 Å². The topological polar surface area (TPSA) is 100 Å². The van der Waals surface area contributed by atoms with Crippen LogP contribution in [-0.4, -0.2) is 26.0 Å². The molecule has 0 fully saturated rings. The third kappa shape index (κ3) is 4.30. The van der Waals surface area contributed by atoms with E-state index in [4.69, 9.17) is 4.74 Å². The van der Waals surface area contributed by atoms with Crippen molar-refractivity contribution in [2.45, 2.75) is 13.5 Å². The molecular formula is C23H20N4O3. The van der Waals surface area contributed by atoms with Crippen LogP contribution in [0.25, 0.3) is 11.4 Å². The van der Waals surface area contributed by atoms with Crippen molar-refractivity contribution in [1.82, 2.24) is 15.0 Å². The third-order valence-electron chi connectivity index (χ3n) is 4.62. The van der Waals surface area contributed by atoms with Crippen molar-refractivity contribution in [3.05, 3.63) is 90.0 Å². The summed E-state index contributed by atoms with van der Waals surface area (Å²) >= 11 is 0. The maximum Gasteiger partial charge on any atom is 0.255 e. The summed E-state index contributed by atoms with van der Waals surface area (Å²) in [5, 5.41) is 12.7. The average molecular weight is 400 g/mol. The molecule has 0 aliphatic heterocycles. The molecule has 150 valence electrons. The van der Waals surface area contributed by atoms with Crippen molar-refractivity contribution in [3.63, 3.8) is 0 Å². The van der Waals surface area contributed by atoms with Gasteiger partial charge in [0.1, 0.15) is 29.6 Å². The first kappa shape index (κ1) is 19.2. The number of benzene rings is 2. The van der Waals surface area contributed by atoms with E-state index in [-0.39, 0.29) is 18.3 Å². The van der Waals surface area contributed by atoms with Crippen molar-refractivity contribution >= 4 is 11.6 Å². The summed E-state index contributed by atoms with van der Waals surface area (Å²) in [5.74, 6) is 1.18. The molecular weight excluding hydrogens is 380 g/mol. The number of aromatic amines is 1. The highest BCUT2D eigenvalue weighted by molar-refractivity contribution is 6.05. The van der Waals surface area contributed by atoms with E-state index in [1.54, 1.807) is 55.0 Å². The quantitative estimate of drug-likeness (QED) is 0.448. The average Bonchev–Trinajstić information content (AvgIpc) is 3.30. The highest BCUT2D eigenvalue weighted by Crippen LogP contribution is 2.24. The highest BCUT2D eigenvalue weighted by Gasteiger charge is 2.10. The van der Waals surface area contributed by atoms with Crippen LogP contribution in [0.1, 0.15) is 21.6 Å². The van der Waals surface area contributed by atoms with Gasteiger partial charge in [0.25, 0.3) is 5.91 Å². The molecule has 2 aromatic carbocycles. The van der Waals surface area contributed by atoms with Gasteiger partial charge in [-0.15, -0.1) is 0 Å². The minimum absolute atomic E-state index is 0.0839. The zero-order valence-corrected chi connectivity index (χ0v) is 16.3. The number of nitrogens with zero attached hydrogens (tertiary/aromatic N) is 2. The van der Waals surface area contributed by atoms with Crippen LogP contribution >= 0.6 is 0 Å². The van der Waals surface area contributed by atoms with Gasteiger partial charge >= 0.3 is 0 Å². The zero-order valence-electron chi connectivity index (χ0n) is 16.3. The molecule has 1 amide bonds. The number of amides is 1. The van der Waals surface area contributed by atoms with Gasteiger partial charge < -0.3 is 20.1 Å². The van der Waals surface area contributed by atoms with Crippen molar-refractivity contribution in [2.24, 2.45) is 0 Å². The fourth-order valence-corrected chi connectivity index (χ4v) is 2.92. The lowest BCUT2D eigenvalue weighted by atomic mass is 10.1. The number of aromatic nitrogens is 3. The Balaban J connectivity index is 1.43. The lowest BCUT2D eigenvalue weighted by Crippen LogP contribution is -2.12. The molecule has 0 bridgehead atoms. The number of nitrogens with one attached hydrogen (secondary N) is 2. The Morgan fingerprint density at radius 2 is 1.93 bits per heavy atom. The zero-order chi connectivity index (χ0) is 20.9. The van der Waals surface area contributed by atoms with Crippen LogP contribution in [0.15, 0.2) is 73.2 Å². The maximum absolute atomic E-state index is 12.7. The number of hydrogen-bond donors (Lipinski definition) is 3. The number of aromatic hydroxyl groups is 1. The summed E-state index contributed by atoms with van der Waals surface area (Å²) in [6, 6.07) is 15.8. The minimum atomic E-state index is -0.219. The van der Waals surface area contributed by atoms with Gasteiger partial charge in [0.05, 0.1) is 0 Å². The van der Waals surface area contributed by atoms with Crippen molar-refractivity contribution in [3.8, 4) is 22.9 Å². The number of pyridine rings is 1. The fraction of sp³-hybridized carbons (Fsp3) is 0.0870. The first-order valence-electron chi connectivity index (χ1n) is 9.37. The Morgan fingerprint density at radius 1 is 1.10 bits per heavy atom. The second-order valence-electron chi connectivity index (χ2n) is 6.70. The largest absolute Gasteiger partial charge is 0.506 e. The number of imidazole rings is 1. The summed E-state index contributed by atoms with van der Waals surface area (Å²) in [6.07, 6.45) is 5.04. The Bertz CT molecular complexity index is 1160. The molecule has 7 nitrogen and oxygen atoms in total. The van der Waals surface area contributed by atoms with Crippen LogP contribution < -0.4 is 10.1 Å². The Labute approximate surface area is 173 Å². The van der Waals surface area contributed by atoms with Crippen LogP contribution in [0.3, 0.4) is 0 Å². The van der Waals surface area contributed by atoms with Crippen LogP contribution in [0.5, 0.6) is 11.5 Å². The molecule has 0 aliphatic carbocycles. The van der Waals surface area contributed by atoms with E-state index >= 15 is 0 Å². The molecule has 0 radical (unpaired) electrons. The van der Waals surface area contributed by atoms with E-state index in [1.165, 1.54) is 0 Å². The number of anilines is 1. The van der Waals surface area contributed by atoms with E-state index < -0.39 is 0 Å². The molecule has 0 unspecified atom stereocenters. The van der Waals surface area contributed by atoms with Crippen LogP contribution in [0.2, 0.25) is 0 Å². The van der Waals surface area contributed by atoms with Crippen LogP contribution in [-0.2, 0) is 6.61 Å². The number of rotatable bonds is 6. The van der Waals surface area contributed by atoms with Gasteiger partial charge in [0.2, 0.25) is 0 Å². The van der Waals surface area contributed by atoms with Gasteiger partial charge in [-0.25, -0.2) is 4.98 Å². The molecule has 0 saturated heterocycles. The predicted octanol–water partition coefficient (Wildman–Crippen LogP) is 4.32. The molecule has 2 aromatic heterocycles. The number of aryl methyl sites for hydroxylation is 1. The first-order valence-corrected chi connectivity index (χ1v) is 9.37. The summed E-state index contributed by atoms with van der Waals surface area (Å²) < 4.78 is 5.64. The number of carbonyl (C=O) groups excluding carboxylic acids is 1. The van der Waals surface area contributed by atoms with Gasteiger partial charge in [-0.3, -0.25) is 9.78 Å². The standard InChI is InChI=1S/C23H20N4O3/c1-15-4-5-17(22-25-11-12-26-22)13-19(15)27-23(29)16-6-8-18(9-7-16)30-14-20-21(28)3-2-10-24-20/h2-13,28H,14H2,1H3,(H,25,26)(H,27,29). The summed E-state index contributed by atoms with van der Waals surface area (Å²) in [7, 11) is 0. The van der Waals surface area contributed by atoms with Crippen molar-refractivity contribution in [1.29, 1.82) is 0 Å². The van der Waals surface area contributed by atoms with Crippen molar-refractivity contribution < 1.29 is 14.6 Å². The summed E-state index contributed by atoms with van der Waals surface area (Å²) in [5.41, 5.74) is 3.52. The number of ether oxygens (including phenoxy) is 1. The second-order valence-corrected chi connectivity index (χ2v) is 6.70. The number of hydrogen-bond acceptors (Lipinski definition) is 5. The van der Waals surface area contributed by atoms with E-state index in [1.807, 2.05) is 25.1 Å². The van der Waals surface area contributed by atoms with Gasteiger partial charge in [0, 0.05) is 35.4 Å². The van der Waals surface area contributed by atoms with E-state index in [0.29, 0.717) is 17.0 Å². The molecule has 4 rings (SSSR count). The molecule has 0 aliphatic rings. The Hall–Kier alpha value is -4.13. The Morgan fingerprint density at radius 3 is 2.67 bits per heavy atom. The third-order valence-corrected chi connectivity index (χ3v) is 4.62. The monoisotopic (exact) mass is 400 g/mol. The molecule has 4 aromatic rings. The predicted molar refractivity (Wildman–Crippen MR) is 113 cm³/mol. The Kier molecular flexibility index (Phi) is 5.43. The lowest BCUT2D eigenvalue weighted by Gasteiger charge is -2.11. The van der Waals surface area contributed by atoms with E-state index in [9.17, 15) is 9.90 Å². The van der Waals surface area contributed by atoms with E-state index in [2.05, 4.69) is 20.3 Å². The normalized spacial score (nSPS) is 10.6. The highest BCUT2D eigenvalue weighted by atomic mass is 16.5. The second kappa shape index (κ2) is 8.48. The SMILES string of the molecule is Cc1ccc(-c2ncc[nH]2)cc1NC(=O)c1ccc(OCc2ncccc2O)cc1. The molecule has 7 heteroatoms. The summed E-state index contributed by atoms with van der Waals surface area (Å²) in [6.45, 7) is 2.07. The molecule has 0 saturated carbocycles. The fourth-order valence-electron chi connectivity index (χ4n) is 2.92. The van der Waals surface area contributed by atoms with Crippen LogP contribution in [0, 0.1) is 6.92 Å². The van der Waals surface area contributed by atoms with Gasteiger partial charge in [-0.05, 0) is 55.0 Å². The minimum Gasteiger partial charge on any atom is -0.506 e. The van der Waals surface area contributed by atoms with Gasteiger partial charge in [0.15, 0.2) is 0 Å². The molecule has 0 spiro atoms. The molecule has 30 heavy (non-hydrogen) atoms. The summed E-state index contributed by atoms with van der Waals surface area (Å²) in [4.78, 5) is 24.1. The number of carbonyl (C=O) groups is 1. The molecule has 2 heterocycles. The smallest absolute Gasteiger partial charge is 0.255 e. The van der Waals surface area contributed by atoms with E-state index in [0.717, 1.165) is 22.6 Å².